The normalized spacial score (nSPS) is 14.9. The molecule has 118 valence electrons. The van der Waals surface area contributed by atoms with Crippen LogP contribution in [0.4, 0.5) is 4.39 Å². The van der Waals surface area contributed by atoms with Crippen LogP contribution in [0.25, 0.3) is 0 Å². The molecule has 1 aromatic rings. The highest BCUT2D eigenvalue weighted by atomic mass is 127. The number of rotatable bonds is 5. The second-order valence-electron chi connectivity index (χ2n) is 5.13. The minimum Gasteiger partial charge on any atom is -0.357 e. The summed E-state index contributed by atoms with van der Waals surface area (Å²) in [4.78, 5) is 4.62. The minimum absolute atomic E-state index is 0. The van der Waals surface area contributed by atoms with Crippen LogP contribution in [0.5, 0.6) is 0 Å². The van der Waals surface area contributed by atoms with Gasteiger partial charge in [0, 0.05) is 23.5 Å². The van der Waals surface area contributed by atoms with Crippen molar-refractivity contribution in [2.75, 3.05) is 19.6 Å². The number of aliphatic imine (C=N–C) groups is 1. The van der Waals surface area contributed by atoms with Crippen LogP contribution < -0.4 is 10.6 Å². The maximum atomic E-state index is 13.1. The van der Waals surface area contributed by atoms with E-state index in [9.17, 15) is 4.39 Å². The van der Waals surface area contributed by atoms with Gasteiger partial charge in [-0.3, -0.25) is 4.99 Å². The van der Waals surface area contributed by atoms with E-state index in [0.717, 1.165) is 37.5 Å². The Hall–Kier alpha value is -0.560. The first-order valence-corrected chi connectivity index (χ1v) is 7.47. The van der Waals surface area contributed by atoms with Gasteiger partial charge in [0.2, 0.25) is 0 Å². The fourth-order valence-electron chi connectivity index (χ4n) is 2.32. The average molecular weight is 426 g/mol. The van der Waals surface area contributed by atoms with Crippen molar-refractivity contribution in [3.63, 3.8) is 0 Å². The Morgan fingerprint density at radius 1 is 1.29 bits per heavy atom. The Bertz CT molecular complexity index is 496. The van der Waals surface area contributed by atoms with Crippen molar-refractivity contribution in [3.8, 4) is 0 Å². The molecule has 0 heterocycles. The number of nitrogens with one attached hydrogen (secondary N) is 2. The Morgan fingerprint density at radius 2 is 1.90 bits per heavy atom. The van der Waals surface area contributed by atoms with Gasteiger partial charge >= 0.3 is 0 Å². The van der Waals surface area contributed by atoms with E-state index in [1.807, 2.05) is 13.8 Å². The number of hydrogen-bond acceptors (Lipinski definition) is 1. The first kappa shape index (κ1) is 18.5. The lowest BCUT2D eigenvalue weighted by Crippen LogP contribution is -2.37. The van der Waals surface area contributed by atoms with Gasteiger partial charge in [0.25, 0.3) is 0 Å². The van der Waals surface area contributed by atoms with Crippen LogP contribution in [0.3, 0.4) is 0 Å². The molecule has 6 heteroatoms. The fourth-order valence-corrected chi connectivity index (χ4v) is 2.69. The van der Waals surface area contributed by atoms with Crippen LogP contribution in [0.2, 0.25) is 5.02 Å². The molecule has 0 spiro atoms. The summed E-state index contributed by atoms with van der Waals surface area (Å²) in [5.74, 6) is 0.526. The molecule has 0 amide bonds. The molecule has 0 aromatic heterocycles. The molecule has 0 unspecified atom stereocenters. The Morgan fingerprint density at radius 3 is 2.38 bits per heavy atom. The number of nitrogens with zero attached hydrogens (tertiary/aromatic N) is 1. The molecule has 1 aliphatic carbocycles. The number of halogens is 3. The number of hydrogen-bond donors (Lipinski definition) is 2. The van der Waals surface area contributed by atoms with Crippen LogP contribution in [0.15, 0.2) is 23.2 Å². The van der Waals surface area contributed by atoms with Crippen molar-refractivity contribution in [1.29, 1.82) is 0 Å². The van der Waals surface area contributed by atoms with Gasteiger partial charge in [-0.25, -0.2) is 4.39 Å². The lowest BCUT2D eigenvalue weighted by atomic mass is 9.96. The highest BCUT2D eigenvalue weighted by Gasteiger charge is 2.45. The lowest BCUT2D eigenvalue weighted by molar-refractivity contribution is 0.623. The van der Waals surface area contributed by atoms with Crippen molar-refractivity contribution in [2.45, 2.75) is 32.1 Å². The third-order valence-electron chi connectivity index (χ3n) is 3.58. The van der Waals surface area contributed by atoms with Crippen LogP contribution >= 0.6 is 35.6 Å². The smallest absolute Gasteiger partial charge is 0.191 e. The van der Waals surface area contributed by atoms with Crippen LogP contribution in [-0.4, -0.2) is 25.6 Å². The highest BCUT2D eigenvalue weighted by Crippen LogP contribution is 2.50. The summed E-state index contributed by atoms with van der Waals surface area (Å²) in [5, 5.41) is 6.92. The van der Waals surface area contributed by atoms with Gasteiger partial charge in [-0.2, -0.15) is 0 Å². The Balaban J connectivity index is 0.00000220. The first-order chi connectivity index (χ1) is 9.61. The predicted molar refractivity (Wildman–Crippen MR) is 97.4 cm³/mol. The molecule has 2 N–H and O–H groups in total. The van der Waals surface area contributed by atoms with Gasteiger partial charge in [-0.05, 0) is 44.4 Å². The van der Waals surface area contributed by atoms with E-state index in [1.165, 1.54) is 12.1 Å². The molecule has 0 bridgehead atoms. The van der Waals surface area contributed by atoms with Crippen molar-refractivity contribution < 1.29 is 4.39 Å². The van der Waals surface area contributed by atoms with E-state index in [2.05, 4.69) is 15.6 Å². The molecule has 2 rings (SSSR count). The standard InChI is InChI=1S/C15H21ClFN3.HI/c1-3-18-14(19-4-2)20-10-15(7-8-15)12-6-5-11(17)9-13(12)16;/h5-6,9H,3-4,7-8,10H2,1-2H3,(H2,18,19,20);1H. The third kappa shape index (κ3) is 4.71. The quantitative estimate of drug-likeness (QED) is 0.429. The molecule has 1 aromatic carbocycles. The maximum Gasteiger partial charge on any atom is 0.191 e. The van der Waals surface area contributed by atoms with E-state index >= 15 is 0 Å². The zero-order valence-corrected chi connectivity index (χ0v) is 15.5. The Labute approximate surface area is 147 Å². The molecular weight excluding hydrogens is 404 g/mol. The average Bonchev–Trinajstić information content (AvgIpc) is 3.17. The third-order valence-corrected chi connectivity index (χ3v) is 3.90. The van der Waals surface area contributed by atoms with Crippen LogP contribution in [0.1, 0.15) is 32.3 Å². The fraction of sp³-hybridized carbons (Fsp3) is 0.533. The molecule has 0 aliphatic heterocycles. The summed E-state index contributed by atoms with van der Waals surface area (Å²) >= 11 is 6.17. The maximum absolute atomic E-state index is 13.1. The number of guanidine groups is 1. The zero-order valence-electron chi connectivity index (χ0n) is 12.4. The van der Waals surface area contributed by atoms with Crippen LogP contribution in [-0.2, 0) is 5.41 Å². The number of benzene rings is 1. The van der Waals surface area contributed by atoms with Crippen molar-refractivity contribution in [2.24, 2.45) is 4.99 Å². The highest BCUT2D eigenvalue weighted by molar-refractivity contribution is 14.0. The second kappa shape index (κ2) is 8.17. The monoisotopic (exact) mass is 425 g/mol. The Kier molecular flexibility index (Phi) is 7.20. The van der Waals surface area contributed by atoms with Crippen molar-refractivity contribution in [3.05, 3.63) is 34.6 Å². The summed E-state index contributed by atoms with van der Waals surface area (Å²) in [5.41, 5.74) is 0.998. The van der Waals surface area contributed by atoms with Crippen molar-refractivity contribution in [1.82, 2.24) is 10.6 Å². The molecule has 1 aliphatic rings. The molecule has 21 heavy (non-hydrogen) atoms. The zero-order chi connectivity index (χ0) is 14.6. The molecule has 0 radical (unpaired) electrons. The van der Waals surface area contributed by atoms with Gasteiger partial charge in [-0.15, -0.1) is 24.0 Å². The molecule has 1 fully saturated rings. The van der Waals surface area contributed by atoms with E-state index in [1.54, 1.807) is 6.07 Å². The predicted octanol–water partition coefficient (Wildman–Crippen LogP) is 3.70. The van der Waals surface area contributed by atoms with Gasteiger partial charge in [0.1, 0.15) is 5.82 Å². The van der Waals surface area contributed by atoms with E-state index < -0.39 is 0 Å². The van der Waals surface area contributed by atoms with Crippen molar-refractivity contribution >= 4 is 41.5 Å². The van der Waals surface area contributed by atoms with E-state index in [-0.39, 0.29) is 35.2 Å². The minimum atomic E-state index is -0.293. The summed E-state index contributed by atoms with van der Waals surface area (Å²) in [6.07, 6.45) is 2.10. The van der Waals surface area contributed by atoms with Gasteiger partial charge in [0.15, 0.2) is 5.96 Å². The lowest BCUT2D eigenvalue weighted by Gasteiger charge is -2.16. The molecule has 0 atom stereocenters. The first-order valence-electron chi connectivity index (χ1n) is 7.09. The van der Waals surface area contributed by atoms with E-state index in [4.69, 9.17) is 11.6 Å². The largest absolute Gasteiger partial charge is 0.357 e. The molecule has 3 nitrogen and oxygen atoms in total. The summed E-state index contributed by atoms with van der Waals surface area (Å²) in [7, 11) is 0. The summed E-state index contributed by atoms with van der Waals surface area (Å²) < 4.78 is 13.1. The molecular formula is C15H22ClFIN3. The second-order valence-corrected chi connectivity index (χ2v) is 5.54. The summed E-state index contributed by atoms with van der Waals surface area (Å²) in [6, 6.07) is 4.65. The van der Waals surface area contributed by atoms with Gasteiger partial charge < -0.3 is 10.6 Å². The summed E-state index contributed by atoms with van der Waals surface area (Å²) in [6.45, 7) is 6.41. The topological polar surface area (TPSA) is 36.4 Å². The SMILES string of the molecule is CCNC(=NCC1(c2ccc(F)cc2Cl)CC1)NCC.I. The molecule has 1 saturated carbocycles. The van der Waals surface area contributed by atoms with E-state index in [0.29, 0.717) is 11.6 Å². The van der Waals surface area contributed by atoms with Gasteiger partial charge in [-0.1, -0.05) is 17.7 Å². The molecule has 0 saturated heterocycles. The van der Waals surface area contributed by atoms with Crippen LogP contribution in [0, 0.1) is 5.82 Å². The van der Waals surface area contributed by atoms with Gasteiger partial charge in [0.05, 0.1) is 6.54 Å².